The lowest BCUT2D eigenvalue weighted by molar-refractivity contribution is 0.788. The molecular formula is C8H6BBr2N. The minimum atomic E-state index is 0.306. The molecule has 4 heteroatoms. The van der Waals surface area contributed by atoms with E-state index in [1.54, 1.807) is 0 Å². The minimum absolute atomic E-state index is 0.306. The first-order valence-corrected chi connectivity index (χ1v) is 5.23. The Bertz CT molecular complexity index is 287. The molecule has 2 aliphatic heterocycles. The average Bonchev–Trinajstić information content (AvgIpc) is 2.04. The van der Waals surface area contributed by atoms with Gasteiger partial charge in [0.15, 0.2) is 0 Å². The fourth-order valence-electron chi connectivity index (χ4n) is 1.29. The fraction of sp³-hybridized carbons (Fsp3) is 0. The van der Waals surface area contributed by atoms with E-state index < -0.39 is 0 Å². The molecule has 2 aliphatic rings. The molecule has 1 nitrogen and oxygen atoms in total. The van der Waals surface area contributed by atoms with Crippen LogP contribution in [0.15, 0.2) is 45.5 Å². The van der Waals surface area contributed by atoms with Crippen LogP contribution < -0.4 is 0 Å². The van der Waals surface area contributed by atoms with Crippen molar-refractivity contribution in [2.24, 2.45) is 0 Å². The standard InChI is InChI=1S/C8H6BBr2N/c10-7-3-1-5-12-6-2-4-8(11)9(7)12/h1-6H. The molecule has 2 rings (SSSR count). The Balaban J connectivity index is 2.38. The number of hydrogen-bond donors (Lipinski definition) is 0. The molecule has 0 saturated carbocycles. The van der Waals surface area contributed by atoms with Crippen molar-refractivity contribution in [1.82, 2.24) is 4.81 Å². The van der Waals surface area contributed by atoms with E-state index in [2.05, 4.69) is 61.2 Å². The number of fused-ring (bicyclic) bond motifs is 1. The van der Waals surface area contributed by atoms with Gasteiger partial charge in [0.25, 0.3) is 0 Å². The lowest BCUT2D eigenvalue weighted by atomic mass is 9.58. The van der Waals surface area contributed by atoms with Crippen LogP contribution in [0.1, 0.15) is 0 Å². The van der Waals surface area contributed by atoms with Crippen molar-refractivity contribution in [3.63, 3.8) is 0 Å². The van der Waals surface area contributed by atoms with E-state index >= 15 is 0 Å². The van der Waals surface area contributed by atoms with Crippen LogP contribution in [-0.2, 0) is 0 Å². The van der Waals surface area contributed by atoms with E-state index in [0.717, 1.165) is 0 Å². The Morgan fingerprint density at radius 3 is 1.92 bits per heavy atom. The molecule has 0 aromatic rings. The summed E-state index contributed by atoms with van der Waals surface area (Å²) in [6.45, 7) is 0.306. The number of hydrogen-bond acceptors (Lipinski definition) is 1. The minimum Gasteiger partial charge on any atom is -0.388 e. The molecule has 0 radical (unpaired) electrons. The smallest absolute Gasteiger partial charge is 0.341 e. The molecule has 0 spiro atoms. The van der Waals surface area contributed by atoms with Gasteiger partial charge in [0, 0.05) is 0 Å². The monoisotopic (exact) mass is 285 g/mol. The zero-order valence-corrected chi connectivity index (χ0v) is 9.42. The molecular weight excluding hydrogens is 281 g/mol. The lowest BCUT2D eigenvalue weighted by Crippen LogP contribution is -2.35. The van der Waals surface area contributed by atoms with Gasteiger partial charge >= 0.3 is 6.85 Å². The van der Waals surface area contributed by atoms with Crippen molar-refractivity contribution in [2.45, 2.75) is 0 Å². The zero-order chi connectivity index (χ0) is 8.55. The number of nitrogens with zero attached hydrogens (tertiary/aromatic N) is 1. The molecule has 0 bridgehead atoms. The predicted octanol–water partition coefficient (Wildman–Crippen LogP) is 2.97. The molecule has 12 heavy (non-hydrogen) atoms. The summed E-state index contributed by atoms with van der Waals surface area (Å²) >= 11 is 7.07. The van der Waals surface area contributed by atoms with Crippen molar-refractivity contribution in [3.05, 3.63) is 45.5 Å². The highest BCUT2D eigenvalue weighted by Gasteiger charge is 2.29. The van der Waals surface area contributed by atoms with Crippen molar-refractivity contribution >= 4 is 38.7 Å². The second-order valence-corrected chi connectivity index (χ2v) is 4.47. The molecule has 0 N–H and O–H groups in total. The summed E-state index contributed by atoms with van der Waals surface area (Å²) in [4.78, 5) is 2.15. The largest absolute Gasteiger partial charge is 0.388 e. The Morgan fingerprint density at radius 2 is 1.50 bits per heavy atom. The molecule has 0 unspecified atom stereocenters. The first-order chi connectivity index (χ1) is 5.79. The van der Waals surface area contributed by atoms with Gasteiger partial charge < -0.3 is 4.81 Å². The van der Waals surface area contributed by atoms with Crippen molar-refractivity contribution in [1.29, 1.82) is 0 Å². The summed E-state index contributed by atoms with van der Waals surface area (Å²) in [5.41, 5.74) is 0. The van der Waals surface area contributed by atoms with Crippen LogP contribution in [0.2, 0.25) is 0 Å². The van der Waals surface area contributed by atoms with Crippen LogP contribution in [0.3, 0.4) is 0 Å². The topological polar surface area (TPSA) is 3.24 Å². The van der Waals surface area contributed by atoms with Crippen LogP contribution in [-0.4, -0.2) is 11.7 Å². The quantitative estimate of drug-likeness (QED) is 0.619. The van der Waals surface area contributed by atoms with E-state index in [4.69, 9.17) is 0 Å². The van der Waals surface area contributed by atoms with Gasteiger partial charge in [-0.15, -0.1) is 0 Å². The van der Waals surface area contributed by atoms with Gasteiger partial charge in [-0.1, -0.05) is 44.0 Å². The third-order valence-corrected chi connectivity index (χ3v) is 3.24. The molecule has 0 amide bonds. The normalized spacial score (nSPS) is 20.5. The summed E-state index contributed by atoms with van der Waals surface area (Å²) in [6, 6.07) is 0. The van der Waals surface area contributed by atoms with Crippen LogP contribution in [0.25, 0.3) is 0 Å². The number of rotatable bonds is 0. The number of halogens is 2. The second-order valence-electron chi connectivity index (χ2n) is 2.64. The van der Waals surface area contributed by atoms with Crippen molar-refractivity contribution in [2.75, 3.05) is 0 Å². The SMILES string of the molecule is BrC1=CC=CN2C=CC=C(Br)B12. The molecule has 0 saturated heterocycles. The summed E-state index contributed by atoms with van der Waals surface area (Å²) in [6.07, 6.45) is 12.3. The van der Waals surface area contributed by atoms with E-state index in [1.807, 2.05) is 12.2 Å². The van der Waals surface area contributed by atoms with Crippen LogP contribution in [0.5, 0.6) is 0 Å². The molecule has 0 atom stereocenters. The third kappa shape index (κ3) is 1.33. The highest BCUT2D eigenvalue weighted by molar-refractivity contribution is 9.13. The molecule has 0 aromatic carbocycles. The zero-order valence-electron chi connectivity index (χ0n) is 6.24. The molecule has 0 aliphatic carbocycles. The highest BCUT2D eigenvalue weighted by atomic mass is 79.9. The first-order valence-electron chi connectivity index (χ1n) is 3.64. The van der Waals surface area contributed by atoms with Crippen LogP contribution in [0.4, 0.5) is 0 Å². The van der Waals surface area contributed by atoms with E-state index in [-0.39, 0.29) is 0 Å². The van der Waals surface area contributed by atoms with E-state index in [9.17, 15) is 0 Å². The van der Waals surface area contributed by atoms with Crippen LogP contribution in [0, 0.1) is 0 Å². The fourth-order valence-corrected chi connectivity index (χ4v) is 2.87. The van der Waals surface area contributed by atoms with Gasteiger partial charge in [-0.2, -0.15) is 0 Å². The first kappa shape index (κ1) is 8.39. The molecule has 60 valence electrons. The Morgan fingerprint density at radius 1 is 1.00 bits per heavy atom. The Labute approximate surface area is 88.9 Å². The van der Waals surface area contributed by atoms with Gasteiger partial charge in [-0.05, 0) is 33.3 Å². The number of allylic oxidation sites excluding steroid dienone is 4. The Hall–Kier alpha value is -0.215. The van der Waals surface area contributed by atoms with Gasteiger partial charge in [-0.25, -0.2) is 0 Å². The summed E-state index contributed by atoms with van der Waals surface area (Å²) in [7, 11) is 0. The molecule has 0 fully saturated rings. The van der Waals surface area contributed by atoms with Crippen molar-refractivity contribution < 1.29 is 0 Å². The summed E-state index contributed by atoms with van der Waals surface area (Å²) in [5, 5.41) is 0. The maximum atomic E-state index is 3.53. The van der Waals surface area contributed by atoms with Crippen LogP contribution >= 0.6 is 31.9 Å². The molecule has 2 heterocycles. The average molecular weight is 287 g/mol. The predicted molar refractivity (Wildman–Crippen MR) is 59.9 cm³/mol. The maximum Gasteiger partial charge on any atom is 0.341 e. The molecule has 0 aromatic heterocycles. The third-order valence-electron chi connectivity index (χ3n) is 1.85. The Kier molecular flexibility index (Phi) is 2.28. The van der Waals surface area contributed by atoms with Gasteiger partial charge in [-0.3, -0.25) is 0 Å². The summed E-state index contributed by atoms with van der Waals surface area (Å²) in [5.74, 6) is 0. The second kappa shape index (κ2) is 3.26. The highest BCUT2D eigenvalue weighted by Crippen LogP contribution is 2.29. The lowest BCUT2D eigenvalue weighted by Gasteiger charge is -2.28. The van der Waals surface area contributed by atoms with Crippen molar-refractivity contribution in [3.8, 4) is 0 Å². The van der Waals surface area contributed by atoms with Gasteiger partial charge in [0.05, 0.1) is 0 Å². The maximum absolute atomic E-state index is 3.53. The van der Waals surface area contributed by atoms with Gasteiger partial charge in [0.1, 0.15) is 0 Å². The van der Waals surface area contributed by atoms with E-state index in [1.165, 1.54) is 8.76 Å². The van der Waals surface area contributed by atoms with Gasteiger partial charge in [0.2, 0.25) is 0 Å². The summed E-state index contributed by atoms with van der Waals surface area (Å²) < 4.78 is 2.36. The van der Waals surface area contributed by atoms with E-state index in [0.29, 0.717) is 6.85 Å².